The van der Waals surface area contributed by atoms with E-state index in [0.717, 1.165) is 50.1 Å². The van der Waals surface area contributed by atoms with Gasteiger partial charge in [-0.15, -0.1) is 0 Å². The van der Waals surface area contributed by atoms with Crippen LogP contribution in [0.2, 0.25) is 0 Å². The molecule has 0 spiro atoms. The van der Waals surface area contributed by atoms with Crippen molar-refractivity contribution in [3.8, 4) is 33.4 Å². The summed E-state index contributed by atoms with van der Waals surface area (Å²) >= 11 is 0. The van der Waals surface area contributed by atoms with Gasteiger partial charge in [-0.3, -0.25) is 0 Å². The molecule has 61 heavy (non-hydrogen) atoms. The number of rotatable bonds is 7. The minimum atomic E-state index is -0.617. The van der Waals surface area contributed by atoms with Crippen LogP contribution in [0.25, 0.3) is 66.1 Å². The molecular weight excluding hydrogens is 739 g/mol. The molecule has 2 nitrogen and oxygen atoms in total. The zero-order valence-corrected chi connectivity index (χ0v) is 33.4. The second kappa shape index (κ2) is 14.1. The summed E-state index contributed by atoms with van der Waals surface area (Å²) < 4.78 is 6.85. The highest BCUT2D eigenvalue weighted by Gasteiger charge is 2.47. The Hall–Kier alpha value is -7.94. The third-order valence-corrected chi connectivity index (χ3v) is 12.8. The normalized spacial score (nSPS) is 14.3. The molecule has 10 aromatic carbocycles. The van der Waals surface area contributed by atoms with Gasteiger partial charge in [-0.05, 0) is 97.9 Å². The maximum absolute atomic E-state index is 6.85. The molecule has 286 valence electrons. The predicted octanol–water partition coefficient (Wildman–Crippen LogP) is 15.9. The second-order valence-corrected chi connectivity index (χ2v) is 16.0. The summed E-state index contributed by atoms with van der Waals surface area (Å²) in [6.07, 6.45) is 0. The molecule has 0 saturated heterocycles. The van der Waals surface area contributed by atoms with Crippen molar-refractivity contribution in [2.75, 3.05) is 4.90 Å². The molecule has 1 aliphatic rings. The molecule has 1 aliphatic carbocycles. The van der Waals surface area contributed by atoms with E-state index >= 15 is 0 Å². The van der Waals surface area contributed by atoms with Gasteiger partial charge in [0.05, 0.1) is 11.1 Å². The van der Waals surface area contributed by atoms with Crippen LogP contribution >= 0.6 is 0 Å². The maximum Gasteiger partial charge on any atom is 0.140 e. The molecule has 0 amide bonds. The fraction of sp³-hybridized carbons (Fsp3) is 0.0169. The van der Waals surface area contributed by atoms with Gasteiger partial charge >= 0.3 is 0 Å². The van der Waals surface area contributed by atoms with E-state index in [0.29, 0.717) is 0 Å². The van der Waals surface area contributed by atoms with E-state index in [9.17, 15) is 0 Å². The van der Waals surface area contributed by atoms with Crippen LogP contribution in [0.15, 0.2) is 241 Å². The van der Waals surface area contributed by atoms with E-state index in [-0.39, 0.29) is 0 Å². The minimum Gasteiger partial charge on any atom is -0.456 e. The van der Waals surface area contributed by atoms with Crippen molar-refractivity contribution in [2.45, 2.75) is 5.41 Å². The number of nitrogens with zero attached hydrogens (tertiary/aromatic N) is 1. The molecule has 1 atom stereocenters. The van der Waals surface area contributed by atoms with Crippen molar-refractivity contribution in [1.82, 2.24) is 0 Å². The van der Waals surface area contributed by atoms with Crippen molar-refractivity contribution in [3.63, 3.8) is 0 Å². The largest absolute Gasteiger partial charge is 0.456 e. The lowest BCUT2D eigenvalue weighted by atomic mass is 9.67. The third-order valence-electron chi connectivity index (χ3n) is 12.8. The lowest BCUT2D eigenvalue weighted by molar-refractivity contribution is 0.648. The van der Waals surface area contributed by atoms with Gasteiger partial charge < -0.3 is 9.32 Å². The molecule has 12 rings (SSSR count). The number of anilines is 3. The molecule has 11 aromatic rings. The van der Waals surface area contributed by atoms with Crippen LogP contribution in [-0.2, 0) is 5.41 Å². The van der Waals surface area contributed by atoms with E-state index in [2.05, 4.69) is 241 Å². The summed E-state index contributed by atoms with van der Waals surface area (Å²) in [6.45, 7) is 0. The monoisotopic (exact) mass is 777 g/mol. The lowest BCUT2D eigenvalue weighted by Gasteiger charge is -2.34. The molecule has 1 unspecified atom stereocenters. The van der Waals surface area contributed by atoms with Gasteiger partial charge in [-0.2, -0.15) is 0 Å². The average Bonchev–Trinajstić information content (AvgIpc) is 3.87. The summed E-state index contributed by atoms with van der Waals surface area (Å²) in [5, 5.41) is 4.68. The molecule has 2 heteroatoms. The fourth-order valence-corrected chi connectivity index (χ4v) is 10.0. The smallest absolute Gasteiger partial charge is 0.140 e. The molecule has 0 fully saturated rings. The minimum absolute atomic E-state index is 0.617. The van der Waals surface area contributed by atoms with Crippen molar-refractivity contribution >= 4 is 49.8 Å². The Morgan fingerprint density at radius 1 is 0.344 bits per heavy atom. The van der Waals surface area contributed by atoms with Crippen LogP contribution in [0.1, 0.15) is 22.3 Å². The first-order chi connectivity index (χ1) is 30.3. The topological polar surface area (TPSA) is 16.4 Å². The van der Waals surface area contributed by atoms with Crippen LogP contribution in [0.3, 0.4) is 0 Å². The Morgan fingerprint density at radius 3 is 1.67 bits per heavy atom. The Balaban J connectivity index is 1.02. The first-order valence-electron chi connectivity index (χ1n) is 21.0. The molecule has 0 saturated carbocycles. The van der Waals surface area contributed by atoms with Crippen LogP contribution in [-0.4, -0.2) is 0 Å². The van der Waals surface area contributed by atoms with Gasteiger partial charge in [0.25, 0.3) is 0 Å². The van der Waals surface area contributed by atoms with E-state index in [4.69, 9.17) is 4.42 Å². The number of fused-ring (bicyclic) bond motifs is 7. The van der Waals surface area contributed by atoms with Gasteiger partial charge in [0.1, 0.15) is 11.2 Å². The SMILES string of the molecule is c1ccc(-c2ccc(N(c3ccc(-c4ccc5c(c4)C(c4ccccc4)(c4cccc6c4oc4ccccc46)c4ccccc4-5)cc3)c3cccc4ccccc34)cc2)cc1. The number of para-hydroxylation sites is 2. The van der Waals surface area contributed by atoms with Crippen LogP contribution in [0.5, 0.6) is 0 Å². The number of hydrogen-bond donors (Lipinski definition) is 0. The van der Waals surface area contributed by atoms with Crippen molar-refractivity contribution in [3.05, 3.63) is 259 Å². The number of furan rings is 1. The molecule has 1 aromatic heterocycles. The van der Waals surface area contributed by atoms with Crippen LogP contribution in [0, 0.1) is 0 Å². The molecule has 0 N–H and O–H groups in total. The average molecular weight is 778 g/mol. The Bertz CT molecular complexity index is 3400. The van der Waals surface area contributed by atoms with E-state index < -0.39 is 5.41 Å². The molecular formula is C59H39NO. The van der Waals surface area contributed by atoms with E-state index in [1.54, 1.807) is 0 Å². The fourth-order valence-electron chi connectivity index (χ4n) is 10.0. The molecule has 1 heterocycles. The lowest BCUT2D eigenvalue weighted by Crippen LogP contribution is -2.28. The molecule has 0 radical (unpaired) electrons. The Kier molecular flexibility index (Phi) is 8.11. The summed E-state index contributed by atoms with van der Waals surface area (Å²) in [4.78, 5) is 2.38. The highest BCUT2D eigenvalue weighted by molar-refractivity contribution is 6.07. The van der Waals surface area contributed by atoms with E-state index in [1.165, 1.54) is 55.3 Å². The number of benzene rings is 10. The maximum atomic E-state index is 6.85. The van der Waals surface area contributed by atoms with Gasteiger partial charge in [-0.25, -0.2) is 0 Å². The quantitative estimate of drug-likeness (QED) is 0.160. The predicted molar refractivity (Wildman–Crippen MR) is 254 cm³/mol. The highest BCUT2D eigenvalue weighted by atomic mass is 16.3. The van der Waals surface area contributed by atoms with Gasteiger partial charge in [-0.1, -0.05) is 194 Å². The molecule has 0 aliphatic heterocycles. The second-order valence-electron chi connectivity index (χ2n) is 16.0. The summed E-state index contributed by atoms with van der Waals surface area (Å²) in [5.74, 6) is 0. The van der Waals surface area contributed by atoms with Crippen molar-refractivity contribution in [1.29, 1.82) is 0 Å². The zero-order chi connectivity index (χ0) is 40.3. The zero-order valence-electron chi connectivity index (χ0n) is 33.4. The Labute approximate surface area is 355 Å². The van der Waals surface area contributed by atoms with Crippen molar-refractivity contribution in [2.24, 2.45) is 0 Å². The molecule has 0 bridgehead atoms. The standard InChI is InChI=1S/C59H39NO/c1-3-15-40(16-4-1)41-29-34-46(35-30-41)60(56-27-13-18-43-17-7-8-21-48(43)56)47-36-31-42(32-37-47)44-33-38-50-49-22-9-11-25-53(49)59(55(50)39-44,45-19-5-2-6-20-45)54-26-14-24-52-51-23-10-12-28-57(51)61-58(52)54/h1-39H. The van der Waals surface area contributed by atoms with Gasteiger partial charge in [0.2, 0.25) is 0 Å². The van der Waals surface area contributed by atoms with Gasteiger partial charge in [0.15, 0.2) is 0 Å². The number of hydrogen-bond acceptors (Lipinski definition) is 2. The third kappa shape index (κ3) is 5.50. The van der Waals surface area contributed by atoms with Crippen LogP contribution < -0.4 is 4.90 Å². The highest BCUT2D eigenvalue weighted by Crippen LogP contribution is 2.58. The van der Waals surface area contributed by atoms with Crippen LogP contribution in [0.4, 0.5) is 17.1 Å². The summed E-state index contributed by atoms with van der Waals surface area (Å²) in [6, 6.07) is 85.9. The summed E-state index contributed by atoms with van der Waals surface area (Å²) in [5.41, 5.74) is 16.6. The van der Waals surface area contributed by atoms with Crippen molar-refractivity contribution < 1.29 is 4.42 Å². The first kappa shape index (κ1) is 35.0. The van der Waals surface area contributed by atoms with E-state index in [1.807, 2.05) is 0 Å². The first-order valence-corrected chi connectivity index (χ1v) is 21.0. The summed E-state index contributed by atoms with van der Waals surface area (Å²) in [7, 11) is 0. The Morgan fingerprint density at radius 2 is 0.885 bits per heavy atom. The van der Waals surface area contributed by atoms with Gasteiger partial charge in [0, 0.05) is 33.1 Å².